The van der Waals surface area contributed by atoms with Crippen molar-refractivity contribution in [1.29, 1.82) is 0 Å². The van der Waals surface area contributed by atoms with Crippen molar-refractivity contribution in [3.63, 3.8) is 0 Å². The lowest BCUT2D eigenvalue weighted by Gasteiger charge is -2.39. The summed E-state index contributed by atoms with van der Waals surface area (Å²) in [6, 6.07) is 36.8. The van der Waals surface area contributed by atoms with Crippen molar-refractivity contribution in [1.82, 2.24) is 9.80 Å². The molecule has 1 aliphatic rings. The Labute approximate surface area is 190 Å². The predicted octanol–water partition coefficient (Wildman–Crippen LogP) is 5.63. The Kier molecular flexibility index (Phi) is 6.48. The number of nitrogens with zero attached hydrogens (tertiary/aromatic N) is 2. The van der Waals surface area contributed by atoms with Crippen molar-refractivity contribution in [2.45, 2.75) is 6.04 Å². The molecule has 0 aromatic heterocycles. The fraction of sp³-hybridized carbons (Fsp3) is 0.241. The number of hydrogen-bond donors (Lipinski definition) is 0. The van der Waals surface area contributed by atoms with Crippen LogP contribution >= 0.6 is 0 Å². The maximum absolute atomic E-state index is 6.18. The highest BCUT2D eigenvalue weighted by Gasteiger charge is 2.26. The molecule has 0 aliphatic carbocycles. The second-order valence-corrected chi connectivity index (χ2v) is 8.43. The van der Waals surface area contributed by atoms with Crippen molar-refractivity contribution >= 4 is 10.8 Å². The molecule has 4 aromatic rings. The van der Waals surface area contributed by atoms with Gasteiger partial charge in [-0.1, -0.05) is 97.1 Å². The Morgan fingerprint density at radius 2 is 1.22 bits per heavy atom. The van der Waals surface area contributed by atoms with Gasteiger partial charge in [0.1, 0.15) is 12.4 Å². The zero-order valence-electron chi connectivity index (χ0n) is 18.4. The summed E-state index contributed by atoms with van der Waals surface area (Å²) in [5.41, 5.74) is 2.73. The number of ether oxygens (including phenoxy) is 1. The van der Waals surface area contributed by atoms with Crippen molar-refractivity contribution in [3.05, 3.63) is 114 Å². The van der Waals surface area contributed by atoms with Crippen LogP contribution in [-0.2, 0) is 0 Å². The van der Waals surface area contributed by atoms with E-state index in [1.54, 1.807) is 0 Å². The fourth-order valence-corrected chi connectivity index (χ4v) is 4.74. The quantitative estimate of drug-likeness (QED) is 0.384. The van der Waals surface area contributed by atoms with E-state index in [0.29, 0.717) is 6.04 Å². The topological polar surface area (TPSA) is 15.7 Å². The summed E-state index contributed by atoms with van der Waals surface area (Å²) in [5, 5.41) is 2.42. The van der Waals surface area contributed by atoms with Crippen LogP contribution in [0.1, 0.15) is 17.2 Å². The van der Waals surface area contributed by atoms with Crippen LogP contribution < -0.4 is 4.74 Å². The van der Waals surface area contributed by atoms with Crippen LogP contribution in [0.4, 0.5) is 0 Å². The fourth-order valence-electron chi connectivity index (χ4n) is 4.74. The lowest BCUT2D eigenvalue weighted by Crippen LogP contribution is -2.48. The molecule has 0 unspecified atom stereocenters. The minimum atomic E-state index is 0.312. The van der Waals surface area contributed by atoms with E-state index in [-0.39, 0.29) is 0 Å². The van der Waals surface area contributed by atoms with Crippen molar-refractivity contribution < 1.29 is 4.74 Å². The highest BCUT2D eigenvalue weighted by atomic mass is 16.5. The van der Waals surface area contributed by atoms with E-state index in [2.05, 4.69) is 113 Å². The molecule has 1 fully saturated rings. The van der Waals surface area contributed by atoms with Gasteiger partial charge >= 0.3 is 0 Å². The highest BCUT2D eigenvalue weighted by Crippen LogP contribution is 2.29. The molecule has 0 atom stereocenters. The molecule has 1 saturated heterocycles. The molecular weight excluding hydrogens is 392 g/mol. The summed E-state index contributed by atoms with van der Waals surface area (Å²) in [6.45, 7) is 5.92. The molecule has 1 heterocycles. The van der Waals surface area contributed by atoms with Gasteiger partial charge in [0.15, 0.2) is 0 Å². The van der Waals surface area contributed by atoms with E-state index in [9.17, 15) is 0 Å². The molecule has 0 amide bonds. The van der Waals surface area contributed by atoms with Gasteiger partial charge in [-0.3, -0.25) is 9.80 Å². The number of rotatable bonds is 7. The molecule has 32 heavy (non-hydrogen) atoms. The molecule has 0 N–H and O–H groups in total. The lowest BCUT2D eigenvalue weighted by molar-refractivity contribution is 0.0979. The summed E-state index contributed by atoms with van der Waals surface area (Å²) in [5.74, 6) is 0.981. The third-order valence-electron chi connectivity index (χ3n) is 6.42. The minimum Gasteiger partial charge on any atom is -0.492 e. The van der Waals surface area contributed by atoms with Crippen LogP contribution in [0.25, 0.3) is 10.8 Å². The zero-order chi connectivity index (χ0) is 21.6. The molecule has 1 aliphatic heterocycles. The molecular formula is C29H30N2O. The summed E-state index contributed by atoms with van der Waals surface area (Å²) >= 11 is 0. The van der Waals surface area contributed by atoms with Crippen molar-refractivity contribution in [2.75, 3.05) is 39.3 Å². The van der Waals surface area contributed by atoms with Gasteiger partial charge in [0, 0.05) is 38.1 Å². The Bertz CT molecular complexity index is 1080. The number of benzene rings is 4. The molecule has 162 valence electrons. The molecule has 0 spiro atoms. The predicted molar refractivity (Wildman–Crippen MR) is 132 cm³/mol. The standard InChI is InChI=1S/C29H30N2O/c1-3-11-25(12-4-1)29(26-13-5-2-6-14-26)31-20-18-30(19-21-31)22-23-32-28-17-9-15-24-10-7-8-16-27(24)28/h1-17,29H,18-23H2. The summed E-state index contributed by atoms with van der Waals surface area (Å²) in [6.07, 6.45) is 0. The maximum Gasteiger partial charge on any atom is 0.127 e. The van der Waals surface area contributed by atoms with Crippen molar-refractivity contribution in [2.24, 2.45) is 0 Å². The molecule has 0 saturated carbocycles. The van der Waals surface area contributed by atoms with Gasteiger partial charge in [-0.25, -0.2) is 0 Å². The summed E-state index contributed by atoms with van der Waals surface area (Å²) in [4.78, 5) is 5.14. The van der Waals surface area contributed by atoms with Crippen LogP contribution in [0.15, 0.2) is 103 Å². The second kappa shape index (κ2) is 9.99. The second-order valence-electron chi connectivity index (χ2n) is 8.43. The average molecular weight is 423 g/mol. The monoisotopic (exact) mass is 422 g/mol. The van der Waals surface area contributed by atoms with E-state index in [1.807, 2.05) is 0 Å². The first kappa shape index (κ1) is 20.7. The zero-order valence-corrected chi connectivity index (χ0v) is 18.4. The molecule has 0 bridgehead atoms. The number of piperazine rings is 1. The normalized spacial score (nSPS) is 15.3. The van der Waals surface area contributed by atoms with Gasteiger partial charge in [0.25, 0.3) is 0 Å². The molecule has 5 rings (SSSR count). The van der Waals surface area contributed by atoms with Crippen LogP contribution in [0.2, 0.25) is 0 Å². The molecule has 3 heteroatoms. The maximum atomic E-state index is 6.18. The third kappa shape index (κ3) is 4.69. The van der Waals surface area contributed by atoms with Gasteiger partial charge < -0.3 is 4.74 Å². The number of fused-ring (bicyclic) bond motifs is 1. The number of hydrogen-bond acceptors (Lipinski definition) is 3. The van der Waals surface area contributed by atoms with Gasteiger partial charge in [-0.15, -0.1) is 0 Å². The van der Waals surface area contributed by atoms with E-state index in [0.717, 1.165) is 45.1 Å². The largest absolute Gasteiger partial charge is 0.492 e. The molecule has 4 aromatic carbocycles. The van der Waals surface area contributed by atoms with E-state index >= 15 is 0 Å². The van der Waals surface area contributed by atoms with Gasteiger partial charge in [0.2, 0.25) is 0 Å². The third-order valence-corrected chi connectivity index (χ3v) is 6.42. The van der Waals surface area contributed by atoms with E-state index in [1.165, 1.54) is 21.9 Å². The van der Waals surface area contributed by atoms with Gasteiger partial charge in [-0.05, 0) is 22.6 Å². The average Bonchev–Trinajstić information content (AvgIpc) is 2.87. The minimum absolute atomic E-state index is 0.312. The Balaban J connectivity index is 1.20. The van der Waals surface area contributed by atoms with E-state index < -0.39 is 0 Å². The smallest absolute Gasteiger partial charge is 0.127 e. The van der Waals surface area contributed by atoms with Crippen LogP contribution in [0, 0.1) is 0 Å². The Hall–Kier alpha value is -3.14. The van der Waals surface area contributed by atoms with Crippen molar-refractivity contribution in [3.8, 4) is 5.75 Å². The van der Waals surface area contributed by atoms with Gasteiger partial charge in [0.05, 0.1) is 6.04 Å². The lowest BCUT2D eigenvalue weighted by atomic mass is 9.96. The summed E-state index contributed by atoms with van der Waals surface area (Å²) < 4.78 is 6.18. The van der Waals surface area contributed by atoms with Crippen LogP contribution in [0.5, 0.6) is 5.75 Å². The molecule has 3 nitrogen and oxygen atoms in total. The first-order chi connectivity index (χ1) is 15.9. The van der Waals surface area contributed by atoms with E-state index in [4.69, 9.17) is 4.74 Å². The summed E-state index contributed by atoms with van der Waals surface area (Å²) in [7, 11) is 0. The molecule has 0 radical (unpaired) electrons. The van der Waals surface area contributed by atoms with Crippen LogP contribution in [0.3, 0.4) is 0 Å². The van der Waals surface area contributed by atoms with Crippen LogP contribution in [-0.4, -0.2) is 49.1 Å². The SMILES string of the molecule is c1ccc(C(c2ccccc2)N2CCN(CCOc3cccc4ccccc34)CC2)cc1. The first-order valence-corrected chi connectivity index (χ1v) is 11.6. The Morgan fingerprint density at radius 1 is 0.625 bits per heavy atom. The first-order valence-electron chi connectivity index (χ1n) is 11.6. The van der Waals surface area contributed by atoms with Gasteiger partial charge in [-0.2, -0.15) is 0 Å². The highest BCUT2D eigenvalue weighted by molar-refractivity contribution is 5.88. The Morgan fingerprint density at radius 3 is 1.91 bits per heavy atom.